The first-order valence-corrected chi connectivity index (χ1v) is 8.84. The lowest BCUT2D eigenvalue weighted by Gasteiger charge is -2.18. The normalized spacial score (nSPS) is 10.1. The zero-order chi connectivity index (χ0) is 19.6. The first kappa shape index (κ1) is 20.2. The summed E-state index contributed by atoms with van der Waals surface area (Å²) in [6.07, 6.45) is 0.0586. The van der Waals surface area contributed by atoms with Gasteiger partial charge in [-0.05, 0) is 30.7 Å². The van der Waals surface area contributed by atoms with Crippen LogP contribution in [0.2, 0.25) is 0 Å². The van der Waals surface area contributed by atoms with Crippen LogP contribution in [-0.4, -0.2) is 36.3 Å². The highest BCUT2D eigenvalue weighted by Gasteiger charge is 2.13. The van der Waals surface area contributed by atoms with Crippen LogP contribution in [0, 0.1) is 0 Å². The molecule has 0 aliphatic carbocycles. The van der Waals surface area contributed by atoms with E-state index in [0.717, 1.165) is 5.56 Å². The lowest BCUT2D eigenvalue weighted by Crippen LogP contribution is -2.26. The van der Waals surface area contributed by atoms with Crippen molar-refractivity contribution in [2.24, 2.45) is 0 Å². The van der Waals surface area contributed by atoms with Gasteiger partial charge in [0, 0.05) is 31.3 Å². The molecule has 0 saturated heterocycles. The number of nitrogens with one attached hydrogen (secondary N) is 1. The van der Waals surface area contributed by atoms with Gasteiger partial charge in [-0.1, -0.05) is 36.4 Å². The molecule has 2 aromatic carbocycles. The van der Waals surface area contributed by atoms with E-state index in [1.165, 1.54) is 0 Å². The summed E-state index contributed by atoms with van der Waals surface area (Å²) < 4.78 is 4.80. The third-order valence-corrected chi connectivity index (χ3v) is 3.86. The summed E-state index contributed by atoms with van der Waals surface area (Å²) in [5.41, 5.74) is 2.04. The standard InChI is InChI=1S/C21H24N2O4/c1-3-27-20(25)13-12-19(24)22-18-11-7-10-17(14-18)21(26)23(2)15-16-8-5-4-6-9-16/h4-11,14H,3,12-13,15H2,1-2H3,(H,22,24). The number of carbonyl (C=O) groups is 3. The molecule has 2 rings (SSSR count). The molecule has 0 atom stereocenters. The molecule has 0 saturated carbocycles. The van der Waals surface area contributed by atoms with Crippen molar-refractivity contribution in [1.82, 2.24) is 4.90 Å². The van der Waals surface area contributed by atoms with Gasteiger partial charge in [0.1, 0.15) is 0 Å². The molecular formula is C21H24N2O4. The number of rotatable bonds is 8. The first-order valence-electron chi connectivity index (χ1n) is 8.84. The van der Waals surface area contributed by atoms with Gasteiger partial charge in [-0.3, -0.25) is 14.4 Å². The maximum Gasteiger partial charge on any atom is 0.306 e. The van der Waals surface area contributed by atoms with E-state index in [2.05, 4.69) is 5.32 Å². The second-order valence-corrected chi connectivity index (χ2v) is 6.08. The summed E-state index contributed by atoms with van der Waals surface area (Å²) in [7, 11) is 1.74. The lowest BCUT2D eigenvalue weighted by molar-refractivity contribution is -0.144. The molecule has 27 heavy (non-hydrogen) atoms. The van der Waals surface area contributed by atoms with E-state index in [1.807, 2.05) is 30.3 Å². The Labute approximate surface area is 159 Å². The number of hydrogen-bond donors (Lipinski definition) is 1. The van der Waals surface area contributed by atoms with Crippen LogP contribution in [0.1, 0.15) is 35.7 Å². The predicted octanol–water partition coefficient (Wildman–Crippen LogP) is 3.24. The number of carbonyl (C=O) groups excluding carboxylic acids is 3. The molecule has 142 valence electrons. The van der Waals surface area contributed by atoms with Gasteiger partial charge in [0.25, 0.3) is 5.91 Å². The molecule has 0 aliphatic rings. The smallest absolute Gasteiger partial charge is 0.306 e. The Kier molecular flexibility index (Phi) is 7.55. The van der Waals surface area contributed by atoms with Gasteiger partial charge in [-0.2, -0.15) is 0 Å². The van der Waals surface area contributed by atoms with Gasteiger partial charge < -0.3 is 15.0 Å². The minimum absolute atomic E-state index is 0.0259. The number of amides is 2. The maximum absolute atomic E-state index is 12.6. The number of benzene rings is 2. The molecule has 0 fully saturated rings. The topological polar surface area (TPSA) is 75.7 Å². The molecule has 0 aromatic heterocycles. The van der Waals surface area contributed by atoms with E-state index in [0.29, 0.717) is 24.4 Å². The largest absolute Gasteiger partial charge is 0.466 e. The van der Waals surface area contributed by atoms with Crippen LogP contribution < -0.4 is 5.32 Å². The van der Waals surface area contributed by atoms with Gasteiger partial charge in [0.2, 0.25) is 5.91 Å². The molecule has 2 aromatic rings. The monoisotopic (exact) mass is 368 g/mol. The average molecular weight is 368 g/mol. The number of esters is 1. The third-order valence-electron chi connectivity index (χ3n) is 3.86. The number of anilines is 1. The highest BCUT2D eigenvalue weighted by Crippen LogP contribution is 2.14. The second kappa shape index (κ2) is 10.1. The van der Waals surface area contributed by atoms with Crippen molar-refractivity contribution in [3.05, 3.63) is 65.7 Å². The Morgan fingerprint density at radius 3 is 2.44 bits per heavy atom. The minimum atomic E-state index is -0.404. The summed E-state index contributed by atoms with van der Waals surface area (Å²) in [6.45, 7) is 2.51. The van der Waals surface area contributed by atoms with Crippen molar-refractivity contribution in [1.29, 1.82) is 0 Å². The second-order valence-electron chi connectivity index (χ2n) is 6.08. The first-order chi connectivity index (χ1) is 13.0. The van der Waals surface area contributed by atoms with Crippen LogP contribution >= 0.6 is 0 Å². The quantitative estimate of drug-likeness (QED) is 0.726. The summed E-state index contributed by atoms with van der Waals surface area (Å²) in [4.78, 5) is 37.5. The Hall–Kier alpha value is -3.15. The van der Waals surface area contributed by atoms with E-state index in [-0.39, 0.29) is 24.7 Å². The van der Waals surface area contributed by atoms with Crippen molar-refractivity contribution >= 4 is 23.5 Å². The molecule has 0 bridgehead atoms. The summed E-state index contributed by atoms with van der Waals surface area (Å²) in [5.74, 6) is -0.842. The summed E-state index contributed by atoms with van der Waals surface area (Å²) >= 11 is 0. The molecular weight excluding hydrogens is 344 g/mol. The highest BCUT2D eigenvalue weighted by molar-refractivity contribution is 5.97. The van der Waals surface area contributed by atoms with Crippen LogP contribution in [0.5, 0.6) is 0 Å². The molecule has 2 amide bonds. The molecule has 0 unspecified atom stereocenters. The highest BCUT2D eigenvalue weighted by atomic mass is 16.5. The Bertz CT molecular complexity index is 790. The lowest BCUT2D eigenvalue weighted by atomic mass is 10.1. The average Bonchev–Trinajstić information content (AvgIpc) is 2.67. The van der Waals surface area contributed by atoms with E-state index in [4.69, 9.17) is 4.74 Å². The summed E-state index contributed by atoms with van der Waals surface area (Å²) in [5, 5.41) is 2.71. The Morgan fingerprint density at radius 2 is 1.74 bits per heavy atom. The van der Waals surface area contributed by atoms with Crippen LogP contribution in [0.25, 0.3) is 0 Å². The Morgan fingerprint density at radius 1 is 1.00 bits per heavy atom. The zero-order valence-electron chi connectivity index (χ0n) is 15.6. The molecule has 6 heteroatoms. The van der Waals surface area contributed by atoms with Gasteiger partial charge >= 0.3 is 5.97 Å². The molecule has 0 radical (unpaired) electrons. The fraction of sp³-hybridized carbons (Fsp3) is 0.286. The third kappa shape index (κ3) is 6.58. The van der Waals surface area contributed by atoms with Crippen LogP contribution in [0.4, 0.5) is 5.69 Å². The van der Waals surface area contributed by atoms with Crippen molar-refractivity contribution < 1.29 is 19.1 Å². The molecule has 0 aliphatic heterocycles. The van der Waals surface area contributed by atoms with Gasteiger partial charge in [-0.15, -0.1) is 0 Å². The molecule has 0 spiro atoms. The number of nitrogens with zero attached hydrogens (tertiary/aromatic N) is 1. The van der Waals surface area contributed by atoms with Gasteiger partial charge in [0.15, 0.2) is 0 Å². The fourth-order valence-electron chi connectivity index (χ4n) is 2.55. The predicted molar refractivity (Wildman–Crippen MR) is 103 cm³/mol. The van der Waals surface area contributed by atoms with Crippen molar-refractivity contribution in [2.75, 3.05) is 19.0 Å². The van der Waals surface area contributed by atoms with Crippen molar-refractivity contribution in [3.63, 3.8) is 0 Å². The SMILES string of the molecule is CCOC(=O)CCC(=O)Nc1cccc(C(=O)N(C)Cc2ccccc2)c1. The number of hydrogen-bond acceptors (Lipinski definition) is 4. The molecule has 0 heterocycles. The Balaban J connectivity index is 1.94. The van der Waals surface area contributed by atoms with Crippen LogP contribution in [0.3, 0.4) is 0 Å². The fourth-order valence-corrected chi connectivity index (χ4v) is 2.55. The summed E-state index contributed by atoms with van der Waals surface area (Å²) in [6, 6.07) is 16.5. The van der Waals surface area contributed by atoms with Gasteiger partial charge in [-0.25, -0.2) is 0 Å². The van der Waals surface area contributed by atoms with E-state index in [1.54, 1.807) is 43.1 Å². The number of ether oxygens (including phenoxy) is 1. The van der Waals surface area contributed by atoms with Crippen molar-refractivity contribution in [3.8, 4) is 0 Å². The van der Waals surface area contributed by atoms with Crippen LogP contribution in [-0.2, 0) is 20.9 Å². The van der Waals surface area contributed by atoms with Crippen molar-refractivity contribution in [2.45, 2.75) is 26.3 Å². The van der Waals surface area contributed by atoms with Gasteiger partial charge in [0.05, 0.1) is 13.0 Å². The van der Waals surface area contributed by atoms with E-state index < -0.39 is 5.97 Å². The van der Waals surface area contributed by atoms with E-state index >= 15 is 0 Å². The van der Waals surface area contributed by atoms with Crippen LogP contribution in [0.15, 0.2) is 54.6 Å². The van der Waals surface area contributed by atoms with E-state index in [9.17, 15) is 14.4 Å². The minimum Gasteiger partial charge on any atom is -0.466 e. The maximum atomic E-state index is 12.6. The molecule has 6 nitrogen and oxygen atoms in total. The zero-order valence-corrected chi connectivity index (χ0v) is 15.6. The molecule has 1 N–H and O–H groups in total.